The van der Waals surface area contributed by atoms with E-state index in [4.69, 9.17) is 10.5 Å². The van der Waals surface area contributed by atoms with Crippen molar-refractivity contribution in [3.63, 3.8) is 0 Å². The first-order valence-corrected chi connectivity index (χ1v) is 9.03. The molecule has 0 radical (unpaired) electrons. The van der Waals surface area contributed by atoms with Crippen LogP contribution in [0.4, 0.5) is 5.69 Å². The Bertz CT molecular complexity index is 578. The molecule has 7 heteroatoms. The number of halogens is 2. The van der Waals surface area contributed by atoms with Gasteiger partial charge < -0.3 is 15.8 Å². The molecule has 3 rings (SSSR count). The Kier molecular flexibility index (Phi) is 9.34. The predicted octanol–water partition coefficient (Wildman–Crippen LogP) is 3.21. The van der Waals surface area contributed by atoms with Gasteiger partial charge in [-0.05, 0) is 37.5 Å². The minimum absolute atomic E-state index is 0. The summed E-state index contributed by atoms with van der Waals surface area (Å²) in [6, 6.07) is 8.15. The van der Waals surface area contributed by atoms with Crippen molar-refractivity contribution in [3.05, 3.63) is 29.8 Å². The highest BCUT2D eigenvalue weighted by atomic mass is 35.5. The van der Waals surface area contributed by atoms with Gasteiger partial charge in [0.1, 0.15) is 0 Å². The predicted molar refractivity (Wildman–Crippen MR) is 110 cm³/mol. The standard InChI is InChI=1S/C19H29N3O2.2ClH/c1-19(20)8-3-2-7-17(19)18(23)21-16-6-4-5-15(13-16)14-22-9-11-24-12-10-22;;/h4-6,13,17H,2-3,7-12,14,20H2,1H3,(H,21,23);2*1H. The normalized spacial score (nSPS) is 26.3. The number of nitrogens with two attached hydrogens (primary N) is 1. The fourth-order valence-electron chi connectivity index (χ4n) is 3.78. The Balaban J connectivity index is 0.00000169. The van der Waals surface area contributed by atoms with Crippen molar-refractivity contribution in [3.8, 4) is 0 Å². The molecule has 2 atom stereocenters. The van der Waals surface area contributed by atoms with E-state index in [1.54, 1.807) is 0 Å². The number of nitrogens with one attached hydrogen (secondary N) is 1. The van der Waals surface area contributed by atoms with Crippen LogP contribution >= 0.6 is 24.8 Å². The van der Waals surface area contributed by atoms with Crippen molar-refractivity contribution in [2.24, 2.45) is 11.7 Å². The number of amides is 1. The lowest BCUT2D eigenvalue weighted by molar-refractivity contribution is -0.122. The number of ether oxygens (including phenoxy) is 1. The van der Waals surface area contributed by atoms with E-state index in [1.165, 1.54) is 5.56 Å². The lowest BCUT2D eigenvalue weighted by Gasteiger charge is -2.37. The van der Waals surface area contributed by atoms with E-state index in [9.17, 15) is 4.79 Å². The summed E-state index contributed by atoms with van der Waals surface area (Å²) in [6.07, 6.45) is 4.00. The maximum Gasteiger partial charge on any atom is 0.229 e. The molecule has 0 spiro atoms. The molecule has 148 valence electrons. The number of carbonyl (C=O) groups excluding carboxylic acids is 1. The molecule has 26 heavy (non-hydrogen) atoms. The molecule has 1 aromatic rings. The van der Waals surface area contributed by atoms with E-state index in [2.05, 4.69) is 22.3 Å². The molecule has 1 aliphatic heterocycles. The first-order valence-electron chi connectivity index (χ1n) is 9.03. The molecule has 2 fully saturated rings. The Morgan fingerprint density at radius 2 is 2.04 bits per heavy atom. The third kappa shape index (κ3) is 6.10. The van der Waals surface area contributed by atoms with Crippen LogP contribution in [-0.4, -0.2) is 42.6 Å². The molecule has 1 amide bonds. The van der Waals surface area contributed by atoms with Crippen LogP contribution in [0.3, 0.4) is 0 Å². The monoisotopic (exact) mass is 403 g/mol. The van der Waals surface area contributed by atoms with Crippen molar-refractivity contribution in [2.75, 3.05) is 31.6 Å². The van der Waals surface area contributed by atoms with Gasteiger partial charge in [-0.1, -0.05) is 25.0 Å². The van der Waals surface area contributed by atoms with Gasteiger partial charge >= 0.3 is 0 Å². The highest BCUT2D eigenvalue weighted by Crippen LogP contribution is 2.32. The molecule has 0 bridgehead atoms. The van der Waals surface area contributed by atoms with Gasteiger partial charge in [0, 0.05) is 30.9 Å². The number of anilines is 1. The van der Waals surface area contributed by atoms with Gasteiger partial charge in [-0.15, -0.1) is 24.8 Å². The van der Waals surface area contributed by atoms with Crippen LogP contribution in [0.1, 0.15) is 38.2 Å². The summed E-state index contributed by atoms with van der Waals surface area (Å²) in [7, 11) is 0. The van der Waals surface area contributed by atoms with Crippen LogP contribution in [0.25, 0.3) is 0 Å². The summed E-state index contributed by atoms with van der Waals surface area (Å²) >= 11 is 0. The van der Waals surface area contributed by atoms with E-state index in [0.717, 1.165) is 64.2 Å². The van der Waals surface area contributed by atoms with E-state index in [-0.39, 0.29) is 36.6 Å². The SMILES string of the molecule is CC1(N)CCCCC1C(=O)Nc1cccc(CN2CCOCC2)c1.Cl.Cl. The molecule has 2 unspecified atom stereocenters. The van der Waals surface area contributed by atoms with Crippen LogP contribution in [0.5, 0.6) is 0 Å². The zero-order valence-corrected chi connectivity index (χ0v) is 17.0. The first kappa shape index (κ1) is 23.2. The number of rotatable bonds is 4. The Morgan fingerprint density at radius 1 is 1.31 bits per heavy atom. The van der Waals surface area contributed by atoms with E-state index in [1.807, 2.05) is 19.1 Å². The van der Waals surface area contributed by atoms with Gasteiger partial charge in [-0.25, -0.2) is 0 Å². The summed E-state index contributed by atoms with van der Waals surface area (Å²) in [6.45, 7) is 6.42. The third-order valence-corrected chi connectivity index (χ3v) is 5.28. The minimum atomic E-state index is -0.395. The second kappa shape index (κ2) is 10.5. The zero-order chi connectivity index (χ0) is 17.0. The van der Waals surface area contributed by atoms with Gasteiger partial charge in [0.2, 0.25) is 5.91 Å². The Labute approximate surface area is 168 Å². The van der Waals surface area contributed by atoms with Crippen molar-refractivity contribution in [2.45, 2.75) is 44.7 Å². The number of benzene rings is 1. The number of carbonyl (C=O) groups is 1. The summed E-state index contributed by atoms with van der Waals surface area (Å²) in [4.78, 5) is 15.0. The van der Waals surface area contributed by atoms with Crippen molar-refractivity contribution >= 4 is 36.4 Å². The summed E-state index contributed by atoms with van der Waals surface area (Å²) < 4.78 is 5.39. The summed E-state index contributed by atoms with van der Waals surface area (Å²) in [5.74, 6) is -0.0441. The van der Waals surface area contributed by atoms with Gasteiger partial charge in [0.25, 0.3) is 0 Å². The summed E-state index contributed by atoms with van der Waals surface area (Å²) in [5, 5.41) is 3.08. The molecular weight excluding hydrogens is 373 g/mol. The molecule has 2 aliphatic rings. The smallest absolute Gasteiger partial charge is 0.229 e. The van der Waals surface area contributed by atoms with Crippen LogP contribution in [-0.2, 0) is 16.1 Å². The van der Waals surface area contributed by atoms with Crippen LogP contribution in [0, 0.1) is 5.92 Å². The van der Waals surface area contributed by atoms with Crippen molar-refractivity contribution in [1.29, 1.82) is 0 Å². The number of nitrogens with zero attached hydrogens (tertiary/aromatic N) is 1. The number of morpholine rings is 1. The van der Waals surface area contributed by atoms with Gasteiger partial charge in [0.05, 0.1) is 19.1 Å². The fraction of sp³-hybridized carbons (Fsp3) is 0.632. The van der Waals surface area contributed by atoms with Crippen LogP contribution in [0.15, 0.2) is 24.3 Å². The van der Waals surface area contributed by atoms with Crippen molar-refractivity contribution in [1.82, 2.24) is 4.90 Å². The molecule has 1 saturated heterocycles. The zero-order valence-electron chi connectivity index (χ0n) is 15.4. The highest BCUT2D eigenvalue weighted by molar-refractivity contribution is 5.93. The molecular formula is C19H31Cl2N3O2. The lowest BCUT2D eigenvalue weighted by Crippen LogP contribution is -2.51. The van der Waals surface area contributed by atoms with Gasteiger partial charge in [-0.3, -0.25) is 9.69 Å². The average molecular weight is 404 g/mol. The van der Waals surface area contributed by atoms with Crippen molar-refractivity contribution < 1.29 is 9.53 Å². The van der Waals surface area contributed by atoms with Gasteiger partial charge in [0.15, 0.2) is 0 Å². The maximum absolute atomic E-state index is 12.7. The number of hydrogen-bond acceptors (Lipinski definition) is 4. The Hall–Kier alpha value is -0.850. The van der Waals surface area contributed by atoms with E-state index in [0.29, 0.717) is 0 Å². The molecule has 1 aromatic carbocycles. The Morgan fingerprint density at radius 3 is 2.73 bits per heavy atom. The maximum atomic E-state index is 12.7. The molecule has 1 saturated carbocycles. The van der Waals surface area contributed by atoms with E-state index < -0.39 is 5.54 Å². The largest absolute Gasteiger partial charge is 0.379 e. The summed E-state index contributed by atoms with van der Waals surface area (Å²) in [5.41, 5.74) is 8.04. The van der Waals surface area contributed by atoms with Crippen LogP contribution in [0.2, 0.25) is 0 Å². The quantitative estimate of drug-likeness (QED) is 0.809. The second-order valence-corrected chi connectivity index (χ2v) is 7.38. The fourth-order valence-corrected chi connectivity index (χ4v) is 3.78. The first-order chi connectivity index (χ1) is 11.5. The average Bonchev–Trinajstić information content (AvgIpc) is 2.55. The molecule has 1 aliphatic carbocycles. The molecule has 0 aromatic heterocycles. The second-order valence-electron chi connectivity index (χ2n) is 7.38. The molecule has 1 heterocycles. The van der Waals surface area contributed by atoms with Crippen LogP contribution < -0.4 is 11.1 Å². The third-order valence-electron chi connectivity index (χ3n) is 5.28. The highest BCUT2D eigenvalue weighted by Gasteiger charge is 2.37. The minimum Gasteiger partial charge on any atom is -0.379 e. The number of hydrogen-bond donors (Lipinski definition) is 2. The van der Waals surface area contributed by atoms with Gasteiger partial charge in [-0.2, -0.15) is 0 Å². The topological polar surface area (TPSA) is 67.6 Å². The lowest BCUT2D eigenvalue weighted by atomic mass is 9.74. The molecule has 5 nitrogen and oxygen atoms in total. The van der Waals surface area contributed by atoms with E-state index >= 15 is 0 Å². The molecule has 3 N–H and O–H groups in total.